The first kappa shape index (κ1) is 13.7. The van der Waals surface area contributed by atoms with E-state index in [1.807, 2.05) is 36.5 Å². The van der Waals surface area contributed by atoms with Crippen molar-refractivity contribution in [3.05, 3.63) is 48.2 Å². The van der Waals surface area contributed by atoms with Crippen molar-refractivity contribution in [3.63, 3.8) is 0 Å². The molecule has 2 N–H and O–H groups in total. The van der Waals surface area contributed by atoms with Gasteiger partial charge in [-0.25, -0.2) is 4.98 Å². The van der Waals surface area contributed by atoms with Crippen molar-refractivity contribution < 1.29 is 0 Å². The van der Waals surface area contributed by atoms with Crippen molar-refractivity contribution in [2.45, 2.75) is 19.3 Å². The second kappa shape index (κ2) is 5.10. The number of rotatable bonds is 2. The first-order valence-corrected chi connectivity index (χ1v) is 6.22. The Balaban J connectivity index is 0.00000133. The quantitative estimate of drug-likeness (QED) is 0.871. The number of pyridine rings is 1. The third kappa shape index (κ3) is 2.66. The Morgan fingerprint density at radius 3 is 2.68 bits per heavy atom. The smallest absolute Gasteiger partial charge is 0.132 e. The minimum absolute atomic E-state index is 0. The molecule has 1 aliphatic rings. The number of hydrogen-bond donors (Lipinski definition) is 2. The van der Waals surface area contributed by atoms with Crippen LogP contribution in [0, 0.1) is 0 Å². The van der Waals surface area contributed by atoms with Gasteiger partial charge in [0.2, 0.25) is 0 Å². The number of halogens is 1. The molecule has 0 bridgehead atoms. The summed E-state index contributed by atoms with van der Waals surface area (Å²) < 4.78 is 0. The molecule has 1 aliphatic heterocycles. The molecule has 0 aliphatic carbocycles. The Kier molecular flexibility index (Phi) is 3.67. The Morgan fingerprint density at radius 2 is 1.95 bits per heavy atom. The first-order valence-electron chi connectivity index (χ1n) is 6.22. The zero-order valence-electron chi connectivity index (χ0n) is 11.1. The van der Waals surface area contributed by atoms with Crippen LogP contribution in [0.4, 0.5) is 17.2 Å². The van der Waals surface area contributed by atoms with E-state index in [0.29, 0.717) is 0 Å². The molecular formula is C15H18ClN3. The van der Waals surface area contributed by atoms with Gasteiger partial charge in [-0.2, -0.15) is 0 Å². The molecule has 3 rings (SSSR count). The number of hydrogen-bond acceptors (Lipinski definition) is 3. The van der Waals surface area contributed by atoms with Crippen LogP contribution < -0.4 is 10.6 Å². The summed E-state index contributed by atoms with van der Waals surface area (Å²) in [6.07, 6.45) is 1.97. The van der Waals surface area contributed by atoms with Crippen molar-refractivity contribution >= 4 is 29.6 Å². The number of fused-ring (bicyclic) bond motifs is 1. The van der Waals surface area contributed by atoms with E-state index in [0.717, 1.165) is 18.1 Å². The summed E-state index contributed by atoms with van der Waals surface area (Å²) in [5.74, 6) is 0.880. The largest absolute Gasteiger partial charge is 0.384 e. The van der Waals surface area contributed by atoms with E-state index in [-0.39, 0.29) is 17.8 Å². The van der Waals surface area contributed by atoms with Crippen LogP contribution in [-0.2, 0) is 5.41 Å². The predicted octanol–water partition coefficient (Wildman–Crippen LogP) is 3.95. The maximum absolute atomic E-state index is 4.49. The van der Waals surface area contributed by atoms with E-state index in [9.17, 15) is 0 Å². The average Bonchev–Trinajstić information content (AvgIpc) is 2.66. The molecular weight excluding hydrogens is 258 g/mol. The molecule has 2 heterocycles. The molecule has 0 atom stereocenters. The zero-order chi connectivity index (χ0) is 12.6. The highest BCUT2D eigenvalue weighted by molar-refractivity contribution is 5.85. The van der Waals surface area contributed by atoms with Crippen molar-refractivity contribution in [3.8, 4) is 0 Å². The standard InChI is InChI=1S/C15H17N3.ClH/c1-15(2)10-17-13-8-14(16-9-12(13)15)18-11-6-4-3-5-7-11;/h3-9,17H,10H2,1-2H3,(H,16,18);1H. The summed E-state index contributed by atoms with van der Waals surface area (Å²) in [7, 11) is 0. The molecule has 1 aromatic heterocycles. The van der Waals surface area contributed by atoms with Gasteiger partial charge in [0.15, 0.2) is 0 Å². The van der Waals surface area contributed by atoms with Crippen LogP contribution in [0.3, 0.4) is 0 Å². The monoisotopic (exact) mass is 275 g/mol. The SMILES string of the molecule is CC1(C)CNc2cc(Nc3ccccc3)ncc21.Cl. The van der Waals surface area contributed by atoms with E-state index < -0.39 is 0 Å². The highest BCUT2D eigenvalue weighted by atomic mass is 35.5. The lowest BCUT2D eigenvalue weighted by Gasteiger charge is -2.16. The fourth-order valence-corrected chi connectivity index (χ4v) is 2.29. The van der Waals surface area contributed by atoms with Crippen LogP contribution in [0.15, 0.2) is 42.6 Å². The summed E-state index contributed by atoms with van der Waals surface area (Å²) in [5, 5.41) is 6.75. The van der Waals surface area contributed by atoms with Crippen molar-refractivity contribution in [2.75, 3.05) is 17.2 Å². The van der Waals surface area contributed by atoms with Crippen LogP contribution >= 0.6 is 12.4 Å². The summed E-state index contributed by atoms with van der Waals surface area (Å²) in [5.41, 5.74) is 3.71. The van der Waals surface area contributed by atoms with Crippen LogP contribution in [0.1, 0.15) is 19.4 Å². The molecule has 4 heteroatoms. The summed E-state index contributed by atoms with van der Waals surface area (Å²) in [4.78, 5) is 4.49. The molecule has 0 spiro atoms. The molecule has 1 aromatic carbocycles. The molecule has 0 unspecified atom stereocenters. The van der Waals surface area contributed by atoms with E-state index in [2.05, 4.69) is 35.5 Å². The lowest BCUT2D eigenvalue weighted by Crippen LogP contribution is -2.19. The van der Waals surface area contributed by atoms with Crippen molar-refractivity contribution in [1.82, 2.24) is 4.98 Å². The number of anilines is 3. The van der Waals surface area contributed by atoms with Gasteiger partial charge in [0, 0.05) is 41.2 Å². The third-order valence-electron chi connectivity index (χ3n) is 3.40. The number of nitrogens with zero attached hydrogens (tertiary/aromatic N) is 1. The van der Waals surface area contributed by atoms with Gasteiger partial charge in [-0.15, -0.1) is 12.4 Å². The number of para-hydroxylation sites is 1. The van der Waals surface area contributed by atoms with Gasteiger partial charge in [-0.1, -0.05) is 32.0 Å². The normalized spacial score (nSPS) is 15.1. The summed E-state index contributed by atoms with van der Waals surface area (Å²) in [6, 6.07) is 12.2. The maximum atomic E-state index is 4.49. The van der Waals surface area contributed by atoms with E-state index in [4.69, 9.17) is 0 Å². The molecule has 0 saturated heterocycles. The van der Waals surface area contributed by atoms with Crippen LogP contribution in [0.5, 0.6) is 0 Å². The van der Waals surface area contributed by atoms with Gasteiger partial charge in [0.25, 0.3) is 0 Å². The Hall–Kier alpha value is -1.74. The fourth-order valence-electron chi connectivity index (χ4n) is 2.29. The van der Waals surface area contributed by atoms with Crippen molar-refractivity contribution in [1.29, 1.82) is 0 Å². The second-order valence-electron chi connectivity index (χ2n) is 5.34. The number of benzene rings is 1. The Bertz CT molecular complexity index is 567. The number of nitrogens with one attached hydrogen (secondary N) is 2. The molecule has 100 valence electrons. The minimum atomic E-state index is 0. The summed E-state index contributed by atoms with van der Waals surface area (Å²) in [6.45, 7) is 5.44. The first-order chi connectivity index (χ1) is 8.65. The van der Waals surface area contributed by atoms with Gasteiger partial charge in [0.05, 0.1) is 0 Å². The molecule has 3 nitrogen and oxygen atoms in total. The average molecular weight is 276 g/mol. The topological polar surface area (TPSA) is 37.0 Å². The predicted molar refractivity (Wildman–Crippen MR) is 82.7 cm³/mol. The second-order valence-corrected chi connectivity index (χ2v) is 5.34. The van der Waals surface area contributed by atoms with Gasteiger partial charge < -0.3 is 10.6 Å². The highest BCUT2D eigenvalue weighted by Gasteiger charge is 2.30. The Morgan fingerprint density at radius 1 is 1.21 bits per heavy atom. The molecule has 0 fully saturated rings. The van der Waals surface area contributed by atoms with Crippen LogP contribution in [0.25, 0.3) is 0 Å². The van der Waals surface area contributed by atoms with Gasteiger partial charge >= 0.3 is 0 Å². The van der Waals surface area contributed by atoms with Crippen LogP contribution in [-0.4, -0.2) is 11.5 Å². The van der Waals surface area contributed by atoms with Gasteiger partial charge in [-0.05, 0) is 12.1 Å². The molecule has 0 radical (unpaired) electrons. The van der Waals surface area contributed by atoms with Gasteiger partial charge in [-0.3, -0.25) is 0 Å². The summed E-state index contributed by atoms with van der Waals surface area (Å²) >= 11 is 0. The van der Waals surface area contributed by atoms with E-state index in [1.54, 1.807) is 0 Å². The van der Waals surface area contributed by atoms with E-state index in [1.165, 1.54) is 11.3 Å². The van der Waals surface area contributed by atoms with E-state index >= 15 is 0 Å². The molecule has 0 amide bonds. The lowest BCUT2D eigenvalue weighted by atomic mass is 9.88. The van der Waals surface area contributed by atoms with Crippen LogP contribution in [0.2, 0.25) is 0 Å². The number of aromatic nitrogens is 1. The minimum Gasteiger partial charge on any atom is -0.384 e. The molecule has 0 saturated carbocycles. The lowest BCUT2D eigenvalue weighted by molar-refractivity contribution is 0.584. The van der Waals surface area contributed by atoms with Gasteiger partial charge in [0.1, 0.15) is 5.82 Å². The maximum Gasteiger partial charge on any atom is 0.132 e. The zero-order valence-corrected chi connectivity index (χ0v) is 11.9. The highest BCUT2D eigenvalue weighted by Crippen LogP contribution is 2.36. The third-order valence-corrected chi connectivity index (χ3v) is 3.40. The van der Waals surface area contributed by atoms with Crippen molar-refractivity contribution in [2.24, 2.45) is 0 Å². The molecule has 19 heavy (non-hydrogen) atoms. The Labute approximate surface area is 119 Å². The fraction of sp³-hybridized carbons (Fsp3) is 0.267. The molecule has 2 aromatic rings.